The predicted octanol–water partition coefficient (Wildman–Crippen LogP) is 4.81. The molecule has 1 atom stereocenters. The maximum absolute atomic E-state index is 13.7. The minimum atomic E-state index is -0.0139. The van der Waals surface area contributed by atoms with Gasteiger partial charge in [-0.2, -0.15) is 5.10 Å². The summed E-state index contributed by atoms with van der Waals surface area (Å²) < 4.78 is 3.62. The molecule has 1 spiro atoms. The second kappa shape index (κ2) is 10.5. The third-order valence-electron chi connectivity index (χ3n) is 8.40. The summed E-state index contributed by atoms with van der Waals surface area (Å²) >= 11 is 0. The van der Waals surface area contributed by atoms with Crippen LogP contribution in [0.25, 0.3) is 16.4 Å². The van der Waals surface area contributed by atoms with Gasteiger partial charge in [-0.05, 0) is 43.1 Å². The van der Waals surface area contributed by atoms with Crippen LogP contribution in [0.15, 0.2) is 90.1 Å². The van der Waals surface area contributed by atoms with Crippen LogP contribution in [-0.4, -0.2) is 50.2 Å². The summed E-state index contributed by atoms with van der Waals surface area (Å²) in [7, 11) is 0. The Bertz CT molecular complexity index is 1630. The summed E-state index contributed by atoms with van der Waals surface area (Å²) in [4.78, 5) is 23.4. The average Bonchev–Trinajstić information content (AvgIpc) is 3.67. The number of likely N-dealkylation sites (tertiary alicyclic amines) is 1. The molecule has 2 aromatic carbocycles. The lowest BCUT2D eigenvalue weighted by Crippen LogP contribution is -2.31. The topological polar surface area (TPSA) is 58.7 Å². The van der Waals surface area contributed by atoms with Crippen molar-refractivity contribution in [1.82, 2.24) is 24.1 Å². The number of benzene rings is 2. The summed E-state index contributed by atoms with van der Waals surface area (Å²) in [5.74, 6) is 0. The molecule has 2 saturated heterocycles. The van der Waals surface area contributed by atoms with Crippen LogP contribution in [0.4, 0.5) is 5.69 Å². The third kappa shape index (κ3) is 4.92. The Morgan fingerprint density at radius 3 is 2.62 bits per heavy atom. The summed E-state index contributed by atoms with van der Waals surface area (Å²) in [6, 6.07) is 22.9. The summed E-state index contributed by atoms with van der Waals surface area (Å²) in [6.07, 6.45) is 8.90. The van der Waals surface area contributed by atoms with Crippen molar-refractivity contribution < 1.29 is 0 Å². The minimum Gasteiger partial charge on any atom is -0.370 e. The number of hydrogen-bond acceptors (Lipinski definition) is 5. The van der Waals surface area contributed by atoms with Crippen LogP contribution >= 0.6 is 12.4 Å². The van der Waals surface area contributed by atoms with Gasteiger partial charge in [0.2, 0.25) is 0 Å². The van der Waals surface area contributed by atoms with E-state index < -0.39 is 0 Å². The molecule has 0 bridgehead atoms. The van der Waals surface area contributed by atoms with E-state index in [4.69, 9.17) is 0 Å². The van der Waals surface area contributed by atoms with Gasteiger partial charge in [0.05, 0.1) is 29.5 Å². The zero-order valence-corrected chi connectivity index (χ0v) is 22.8. The normalized spacial score (nSPS) is 19.3. The van der Waals surface area contributed by atoms with Gasteiger partial charge < -0.3 is 9.30 Å². The number of fused-ring (bicyclic) bond motifs is 2. The first kappa shape index (κ1) is 25.6. The first-order valence-corrected chi connectivity index (χ1v) is 13.6. The summed E-state index contributed by atoms with van der Waals surface area (Å²) in [6.45, 7) is 5.76. The van der Waals surface area contributed by atoms with Gasteiger partial charge in [0.1, 0.15) is 5.65 Å². The fourth-order valence-electron chi connectivity index (χ4n) is 6.44. The summed E-state index contributed by atoms with van der Waals surface area (Å²) in [5, 5.41) is 6.21. The lowest BCUT2D eigenvalue weighted by atomic mass is 9.86. The smallest absolute Gasteiger partial charge is 0.276 e. The molecule has 200 valence electrons. The third-order valence-corrected chi connectivity index (χ3v) is 8.40. The van der Waals surface area contributed by atoms with E-state index in [0.29, 0.717) is 18.4 Å². The molecule has 7 rings (SSSR count). The van der Waals surface area contributed by atoms with Crippen molar-refractivity contribution in [2.45, 2.75) is 32.4 Å². The van der Waals surface area contributed by atoms with Crippen LogP contribution in [0.2, 0.25) is 0 Å². The van der Waals surface area contributed by atoms with Crippen LogP contribution in [0.3, 0.4) is 0 Å². The Kier molecular flexibility index (Phi) is 6.87. The molecule has 5 heterocycles. The maximum Gasteiger partial charge on any atom is 0.276 e. The van der Waals surface area contributed by atoms with Crippen LogP contribution in [0, 0.1) is 5.41 Å². The van der Waals surface area contributed by atoms with Crippen molar-refractivity contribution in [3.05, 3.63) is 107 Å². The highest BCUT2D eigenvalue weighted by Crippen LogP contribution is 2.42. The number of hydrogen-bond donors (Lipinski definition) is 0. The SMILES string of the molecule is Cl.O=c1c2c(N3CCC4(CCN(Cc5ccccc5)C4)C3)cccc2cnn1CCc1cn2ccccc2n1. The molecule has 8 heteroatoms. The quantitative estimate of drug-likeness (QED) is 0.309. The number of imidazole rings is 1. The number of halogens is 1. The molecule has 3 aromatic heterocycles. The molecule has 0 saturated carbocycles. The average molecular weight is 541 g/mol. The Morgan fingerprint density at radius 1 is 0.897 bits per heavy atom. The van der Waals surface area contributed by atoms with Crippen molar-refractivity contribution in [2.75, 3.05) is 31.1 Å². The Morgan fingerprint density at radius 2 is 1.74 bits per heavy atom. The van der Waals surface area contributed by atoms with Crippen LogP contribution in [-0.2, 0) is 19.5 Å². The number of pyridine rings is 1. The van der Waals surface area contributed by atoms with E-state index in [0.717, 1.165) is 60.5 Å². The van der Waals surface area contributed by atoms with E-state index in [2.05, 4.69) is 62.3 Å². The molecule has 7 nitrogen and oxygen atoms in total. The standard InChI is InChI=1S/C31H32N6O.ClH/c38-30-29-25(19-32-37(30)16-12-26-21-35-15-5-4-11-28(35)33-26)9-6-10-27(29)36-18-14-31(23-36)13-17-34(22-31)20-24-7-2-1-3-8-24;/h1-11,15,19,21H,12-14,16-18,20,22-23H2;1H. The fraction of sp³-hybridized carbons (Fsp3) is 0.323. The van der Waals surface area contributed by atoms with Crippen molar-refractivity contribution in [3.8, 4) is 0 Å². The molecule has 0 amide bonds. The van der Waals surface area contributed by atoms with Gasteiger partial charge in [-0.25, -0.2) is 9.67 Å². The first-order chi connectivity index (χ1) is 18.7. The maximum atomic E-state index is 13.7. The molecule has 2 aliphatic heterocycles. The molecule has 2 fully saturated rings. The van der Waals surface area contributed by atoms with E-state index in [9.17, 15) is 4.79 Å². The van der Waals surface area contributed by atoms with Crippen LogP contribution < -0.4 is 10.5 Å². The molecule has 2 aliphatic rings. The lowest BCUT2D eigenvalue weighted by molar-refractivity contribution is 0.270. The van der Waals surface area contributed by atoms with Gasteiger partial charge in [-0.3, -0.25) is 9.69 Å². The van der Waals surface area contributed by atoms with Gasteiger partial charge in [-0.15, -0.1) is 12.4 Å². The molecule has 0 radical (unpaired) electrons. The van der Waals surface area contributed by atoms with Gasteiger partial charge >= 0.3 is 0 Å². The number of anilines is 1. The number of nitrogens with zero attached hydrogens (tertiary/aromatic N) is 6. The first-order valence-electron chi connectivity index (χ1n) is 13.6. The van der Waals surface area contributed by atoms with E-state index in [1.165, 1.54) is 18.4 Å². The van der Waals surface area contributed by atoms with E-state index in [1.54, 1.807) is 4.68 Å². The molecule has 0 N–H and O–H groups in total. The zero-order chi connectivity index (χ0) is 25.5. The second-order valence-corrected chi connectivity index (χ2v) is 11.0. The van der Waals surface area contributed by atoms with E-state index in [-0.39, 0.29) is 18.0 Å². The Balaban J connectivity index is 0.00000277. The predicted molar refractivity (Wildman–Crippen MR) is 158 cm³/mol. The monoisotopic (exact) mass is 540 g/mol. The number of rotatable bonds is 6. The summed E-state index contributed by atoms with van der Waals surface area (Å²) in [5.41, 5.74) is 4.59. The number of aromatic nitrogens is 4. The van der Waals surface area contributed by atoms with Crippen molar-refractivity contribution in [1.29, 1.82) is 0 Å². The highest BCUT2D eigenvalue weighted by Gasteiger charge is 2.43. The molecule has 1 unspecified atom stereocenters. The van der Waals surface area contributed by atoms with Crippen LogP contribution in [0.1, 0.15) is 24.1 Å². The molecular formula is C31H33ClN6O. The molecule has 5 aromatic rings. The van der Waals surface area contributed by atoms with Crippen molar-refractivity contribution >= 4 is 34.5 Å². The van der Waals surface area contributed by atoms with E-state index in [1.807, 2.05) is 47.3 Å². The Hall–Kier alpha value is -3.68. The van der Waals surface area contributed by atoms with Gasteiger partial charge in [-0.1, -0.05) is 48.5 Å². The van der Waals surface area contributed by atoms with Crippen molar-refractivity contribution in [2.24, 2.45) is 5.41 Å². The minimum absolute atomic E-state index is 0. The molecule has 0 aliphatic carbocycles. The highest BCUT2D eigenvalue weighted by molar-refractivity contribution is 5.93. The lowest BCUT2D eigenvalue weighted by Gasteiger charge is -2.26. The van der Waals surface area contributed by atoms with Gasteiger partial charge in [0.25, 0.3) is 5.56 Å². The highest BCUT2D eigenvalue weighted by atomic mass is 35.5. The number of aryl methyl sites for hydroxylation is 2. The molecular weight excluding hydrogens is 508 g/mol. The molecule has 39 heavy (non-hydrogen) atoms. The fourth-order valence-corrected chi connectivity index (χ4v) is 6.44. The second-order valence-electron chi connectivity index (χ2n) is 11.0. The van der Waals surface area contributed by atoms with Crippen LogP contribution in [0.5, 0.6) is 0 Å². The van der Waals surface area contributed by atoms with Gasteiger partial charge in [0, 0.05) is 55.8 Å². The zero-order valence-electron chi connectivity index (χ0n) is 21.9. The largest absolute Gasteiger partial charge is 0.370 e. The van der Waals surface area contributed by atoms with Gasteiger partial charge in [0.15, 0.2) is 0 Å². The Labute approximate surface area is 234 Å². The van der Waals surface area contributed by atoms with Crippen molar-refractivity contribution in [3.63, 3.8) is 0 Å². The van der Waals surface area contributed by atoms with E-state index >= 15 is 0 Å².